The molecule has 1 N–H and O–H groups in total. The van der Waals surface area contributed by atoms with Crippen molar-refractivity contribution in [1.29, 1.82) is 0 Å². The summed E-state index contributed by atoms with van der Waals surface area (Å²) in [4.78, 5) is 27.4. The normalized spacial score (nSPS) is 23.5. The van der Waals surface area contributed by atoms with Crippen LogP contribution in [0.3, 0.4) is 0 Å². The summed E-state index contributed by atoms with van der Waals surface area (Å²) in [5.74, 6) is -0.103. The van der Waals surface area contributed by atoms with Crippen LogP contribution in [0, 0.1) is 13.8 Å². The summed E-state index contributed by atoms with van der Waals surface area (Å²) in [6.07, 6.45) is -1.89. The standard InChI is InChI=1S/C25H27F3N2O2/c1-15-6-7-17(12-16(15)2)13-24(32)30-21-4-3-5-23(31)29-20(21)14-22(30)18-8-10-19(11-9-18)25(26,27)28/h6-12,20-22H,3-5,13-14H2,1-2H3,(H,29,31)/t20-,21+,22+/m0/s1. The van der Waals surface area contributed by atoms with Gasteiger partial charge in [-0.2, -0.15) is 13.2 Å². The molecule has 0 aliphatic carbocycles. The highest BCUT2D eigenvalue weighted by Crippen LogP contribution is 2.41. The fraction of sp³-hybridized carbons (Fsp3) is 0.440. The Kier molecular flexibility index (Phi) is 6.01. The van der Waals surface area contributed by atoms with Gasteiger partial charge in [0.1, 0.15) is 0 Å². The van der Waals surface area contributed by atoms with Gasteiger partial charge in [0, 0.05) is 6.42 Å². The minimum absolute atomic E-state index is 0.0351. The highest BCUT2D eigenvalue weighted by Gasteiger charge is 2.45. The van der Waals surface area contributed by atoms with Gasteiger partial charge in [-0.05, 0) is 67.5 Å². The molecule has 2 aliphatic heterocycles. The van der Waals surface area contributed by atoms with Crippen molar-refractivity contribution in [3.8, 4) is 0 Å². The van der Waals surface area contributed by atoms with Crippen molar-refractivity contribution in [3.05, 3.63) is 70.3 Å². The van der Waals surface area contributed by atoms with Gasteiger partial charge in [0.05, 0.1) is 30.1 Å². The van der Waals surface area contributed by atoms with Crippen molar-refractivity contribution in [3.63, 3.8) is 0 Å². The zero-order chi connectivity index (χ0) is 23.0. The van der Waals surface area contributed by atoms with Crippen LogP contribution >= 0.6 is 0 Å². The molecule has 0 radical (unpaired) electrons. The third-order valence-electron chi connectivity index (χ3n) is 6.72. The van der Waals surface area contributed by atoms with Crippen LogP contribution in [0.2, 0.25) is 0 Å². The van der Waals surface area contributed by atoms with Crippen LogP contribution in [0.5, 0.6) is 0 Å². The van der Waals surface area contributed by atoms with Crippen molar-refractivity contribution < 1.29 is 22.8 Å². The van der Waals surface area contributed by atoms with Crippen LogP contribution in [-0.4, -0.2) is 28.8 Å². The van der Waals surface area contributed by atoms with E-state index in [-0.39, 0.29) is 36.4 Å². The van der Waals surface area contributed by atoms with Gasteiger partial charge in [-0.3, -0.25) is 9.59 Å². The Balaban J connectivity index is 1.64. The lowest BCUT2D eigenvalue weighted by molar-refractivity contribution is -0.138. The lowest BCUT2D eigenvalue weighted by Crippen LogP contribution is -2.45. The maximum absolute atomic E-state index is 13.5. The molecule has 2 aromatic rings. The Morgan fingerprint density at radius 2 is 1.81 bits per heavy atom. The maximum Gasteiger partial charge on any atom is 0.416 e. The minimum atomic E-state index is -4.41. The van der Waals surface area contributed by atoms with Crippen molar-refractivity contribution >= 4 is 11.8 Å². The Hall–Kier alpha value is -2.83. The molecular weight excluding hydrogens is 417 g/mol. The average molecular weight is 444 g/mol. The summed E-state index contributed by atoms with van der Waals surface area (Å²) in [6.45, 7) is 4.02. The van der Waals surface area contributed by atoms with Crippen molar-refractivity contribution in [2.75, 3.05) is 0 Å². The number of amides is 2. The predicted molar refractivity (Wildman–Crippen MR) is 115 cm³/mol. The van der Waals surface area contributed by atoms with Gasteiger partial charge in [-0.15, -0.1) is 0 Å². The zero-order valence-corrected chi connectivity index (χ0v) is 18.2. The molecule has 3 atom stereocenters. The summed E-state index contributed by atoms with van der Waals surface area (Å²) in [7, 11) is 0. The molecule has 2 fully saturated rings. The van der Waals surface area contributed by atoms with E-state index in [0.717, 1.165) is 28.8 Å². The van der Waals surface area contributed by atoms with Gasteiger partial charge in [0.25, 0.3) is 0 Å². The number of nitrogens with one attached hydrogen (secondary N) is 1. The molecule has 0 spiro atoms. The number of nitrogens with zero attached hydrogens (tertiary/aromatic N) is 1. The Bertz CT molecular complexity index is 1020. The van der Waals surface area contributed by atoms with E-state index in [1.54, 1.807) is 0 Å². The van der Waals surface area contributed by atoms with E-state index in [2.05, 4.69) is 5.32 Å². The maximum atomic E-state index is 13.5. The van der Waals surface area contributed by atoms with Crippen molar-refractivity contribution in [2.45, 2.75) is 70.3 Å². The molecule has 32 heavy (non-hydrogen) atoms. The number of likely N-dealkylation sites (tertiary alicyclic amines) is 1. The lowest BCUT2D eigenvalue weighted by Gasteiger charge is -2.31. The van der Waals surface area contributed by atoms with Gasteiger partial charge in [-0.25, -0.2) is 0 Å². The topological polar surface area (TPSA) is 49.4 Å². The number of halogens is 3. The quantitative estimate of drug-likeness (QED) is 0.734. The zero-order valence-electron chi connectivity index (χ0n) is 18.2. The predicted octanol–water partition coefficient (Wildman–Crippen LogP) is 4.88. The van der Waals surface area contributed by atoms with Crippen LogP contribution in [0.15, 0.2) is 42.5 Å². The fourth-order valence-corrected chi connectivity index (χ4v) is 4.91. The molecule has 0 aromatic heterocycles. The number of fused-ring (bicyclic) bond motifs is 1. The van der Waals surface area contributed by atoms with Crippen LogP contribution in [0.4, 0.5) is 13.2 Å². The number of benzene rings is 2. The molecule has 0 saturated carbocycles. The van der Waals surface area contributed by atoms with Gasteiger partial charge >= 0.3 is 6.18 Å². The molecule has 2 heterocycles. The lowest BCUT2D eigenvalue weighted by atomic mass is 10.00. The van der Waals surface area contributed by atoms with E-state index >= 15 is 0 Å². The number of aryl methyl sites for hydroxylation is 2. The molecule has 2 saturated heterocycles. The molecule has 2 aliphatic rings. The highest BCUT2D eigenvalue weighted by molar-refractivity contribution is 5.81. The second kappa shape index (κ2) is 8.60. The van der Waals surface area contributed by atoms with Crippen LogP contribution in [0.25, 0.3) is 0 Å². The summed E-state index contributed by atoms with van der Waals surface area (Å²) in [5, 5.41) is 3.03. The largest absolute Gasteiger partial charge is 0.416 e. The SMILES string of the molecule is Cc1ccc(CC(=O)N2[C@@H](c3ccc(C(F)(F)F)cc3)C[C@@H]3NC(=O)CCC[C@H]32)cc1C. The van der Waals surface area contributed by atoms with E-state index in [1.165, 1.54) is 12.1 Å². The monoisotopic (exact) mass is 444 g/mol. The first-order chi connectivity index (χ1) is 15.1. The van der Waals surface area contributed by atoms with E-state index in [9.17, 15) is 22.8 Å². The van der Waals surface area contributed by atoms with Gasteiger partial charge in [0.2, 0.25) is 11.8 Å². The fourth-order valence-electron chi connectivity index (χ4n) is 4.91. The third-order valence-corrected chi connectivity index (χ3v) is 6.72. The Morgan fingerprint density at radius 3 is 2.47 bits per heavy atom. The van der Waals surface area contributed by atoms with Crippen molar-refractivity contribution in [1.82, 2.24) is 10.2 Å². The highest BCUT2D eigenvalue weighted by atomic mass is 19.4. The summed E-state index contributed by atoms with van der Waals surface area (Å²) in [5.41, 5.74) is 3.11. The van der Waals surface area contributed by atoms with Crippen LogP contribution in [0.1, 0.15) is 59.5 Å². The summed E-state index contributed by atoms with van der Waals surface area (Å²) < 4.78 is 39.1. The number of rotatable bonds is 3. The van der Waals surface area contributed by atoms with Gasteiger partial charge in [0.15, 0.2) is 0 Å². The van der Waals surface area contributed by atoms with Crippen LogP contribution in [-0.2, 0) is 22.2 Å². The number of carbonyl (C=O) groups excluding carboxylic acids is 2. The molecule has 2 amide bonds. The summed E-state index contributed by atoms with van der Waals surface area (Å²) >= 11 is 0. The van der Waals surface area contributed by atoms with E-state index in [4.69, 9.17) is 0 Å². The Labute approximate surface area is 185 Å². The molecule has 7 heteroatoms. The minimum Gasteiger partial charge on any atom is -0.351 e. The van der Waals surface area contributed by atoms with Crippen LogP contribution < -0.4 is 5.32 Å². The Morgan fingerprint density at radius 1 is 1.09 bits per heavy atom. The molecule has 4 nitrogen and oxygen atoms in total. The smallest absolute Gasteiger partial charge is 0.351 e. The molecule has 4 rings (SSSR count). The molecule has 0 unspecified atom stereocenters. The number of hydrogen-bond donors (Lipinski definition) is 1. The first kappa shape index (κ1) is 22.4. The van der Waals surface area contributed by atoms with Crippen molar-refractivity contribution in [2.24, 2.45) is 0 Å². The number of hydrogen-bond acceptors (Lipinski definition) is 2. The van der Waals surface area contributed by atoms with E-state index in [1.807, 2.05) is 36.9 Å². The molecule has 0 bridgehead atoms. The molecule has 170 valence electrons. The van der Waals surface area contributed by atoms with Gasteiger partial charge in [-0.1, -0.05) is 30.3 Å². The number of alkyl halides is 3. The molecule has 2 aromatic carbocycles. The van der Waals surface area contributed by atoms with Gasteiger partial charge < -0.3 is 10.2 Å². The third kappa shape index (κ3) is 4.52. The first-order valence-electron chi connectivity index (χ1n) is 11.0. The van der Waals surface area contributed by atoms with E-state index in [0.29, 0.717) is 31.2 Å². The molecular formula is C25H27F3N2O2. The first-order valence-corrected chi connectivity index (χ1v) is 11.0. The second-order valence-corrected chi connectivity index (χ2v) is 8.90. The summed E-state index contributed by atoms with van der Waals surface area (Å²) in [6, 6.07) is 10.2. The average Bonchev–Trinajstić information content (AvgIpc) is 2.98. The second-order valence-electron chi connectivity index (χ2n) is 8.90. The van der Waals surface area contributed by atoms with E-state index < -0.39 is 11.7 Å². The number of carbonyl (C=O) groups is 2.